The Balaban J connectivity index is 0.926. The van der Waals surface area contributed by atoms with Gasteiger partial charge in [-0.05, 0) is 57.7 Å². The summed E-state index contributed by atoms with van der Waals surface area (Å²) in [6.45, 7) is 10.9. The Morgan fingerprint density at radius 3 is 2.36 bits per heavy atom. The first-order valence-electron chi connectivity index (χ1n) is 22.1. The number of hydrogen-bond acceptors (Lipinski definition) is 15. The van der Waals surface area contributed by atoms with Crippen LogP contribution in [-0.2, 0) is 52.0 Å². The van der Waals surface area contributed by atoms with Crippen molar-refractivity contribution in [3.63, 3.8) is 0 Å². The molecule has 0 N–H and O–H groups in total. The molecule has 3 atom stereocenters. The number of fused-ring (bicyclic) bond motifs is 2. The van der Waals surface area contributed by atoms with Gasteiger partial charge in [0.15, 0.2) is 0 Å². The number of ether oxygens (including phenoxy) is 5. The number of carbonyl (C=O) groups is 1. The van der Waals surface area contributed by atoms with Gasteiger partial charge in [0.25, 0.3) is 10.1 Å². The van der Waals surface area contributed by atoms with Crippen molar-refractivity contribution in [3.8, 4) is 12.1 Å². The quantitative estimate of drug-likeness (QED) is 0.0844. The Kier molecular flexibility index (Phi) is 15.9. The second-order valence-electron chi connectivity index (χ2n) is 17.4. The van der Waals surface area contributed by atoms with Crippen molar-refractivity contribution in [2.45, 2.75) is 76.1 Å². The molecule has 344 valence electrons. The minimum atomic E-state index is -3.68. The number of amides is 1. The molecule has 16 nitrogen and oxygen atoms in total. The molecule has 3 aromatic carbocycles. The Morgan fingerprint density at radius 1 is 0.844 bits per heavy atom. The molecule has 64 heavy (non-hydrogen) atoms. The lowest BCUT2D eigenvalue weighted by Gasteiger charge is -2.42. The van der Waals surface area contributed by atoms with Crippen LogP contribution in [0, 0.1) is 11.3 Å². The number of aromatic nitrogens is 2. The van der Waals surface area contributed by atoms with Crippen LogP contribution in [0.4, 0.5) is 16.3 Å². The maximum atomic E-state index is 13.2. The Bertz CT molecular complexity index is 2320. The number of nitriles is 1. The molecule has 0 radical (unpaired) electrons. The van der Waals surface area contributed by atoms with Gasteiger partial charge in [-0.2, -0.15) is 23.6 Å². The van der Waals surface area contributed by atoms with E-state index in [0.717, 1.165) is 48.7 Å². The summed E-state index contributed by atoms with van der Waals surface area (Å²) in [7, 11) is -1.62. The van der Waals surface area contributed by atoms with Crippen LogP contribution >= 0.6 is 0 Å². The highest BCUT2D eigenvalue weighted by atomic mass is 32.2. The second-order valence-corrected chi connectivity index (χ2v) is 19.1. The van der Waals surface area contributed by atoms with Gasteiger partial charge in [0, 0.05) is 55.4 Å². The smallest absolute Gasteiger partial charge is 0.410 e. The summed E-state index contributed by atoms with van der Waals surface area (Å²) in [5.41, 5.74) is 3.13. The van der Waals surface area contributed by atoms with Gasteiger partial charge < -0.3 is 38.4 Å². The summed E-state index contributed by atoms with van der Waals surface area (Å²) in [6.07, 6.45) is 1.24. The standard InChI is InChI=1S/C47H61N7O9S/c1-47(2,3)63-46(55)54-22-21-53(30-37(54)17-19-48)44-41-18-20-52(43-16-10-14-36-13-8-9-15-40(36)43)32-42(41)49-45(50-44)61-33-38-29-39(31-51(38)4)60-27-25-58-23-24-59-26-28-62-64(56,57)34-35-11-6-5-7-12-35/h5-16,37-39H,17-18,20-34H2,1-4H3/t37-,38-,39+/m0/s1. The van der Waals surface area contributed by atoms with Crippen LogP contribution in [0.5, 0.6) is 6.01 Å². The number of hydrogen-bond donors (Lipinski definition) is 0. The maximum Gasteiger partial charge on any atom is 0.410 e. The molecule has 0 bridgehead atoms. The lowest BCUT2D eigenvalue weighted by molar-refractivity contribution is -0.0103. The zero-order chi connectivity index (χ0) is 45.1. The van der Waals surface area contributed by atoms with Crippen LogP contribution in [0.15, 0.2) is 72.8 Å². The zero-order valence-corrected chi connectivity index (χ0v) is 38.2. The van der Waals surface area contributed by atoms with Crippen molar-refractivity contribution < 1.29 is 41.1 Å². The van der Waals surface area contributed by atoms with E-state index in [0.29, 0.717) is 70.8 Å². The Labute approximate surface area is 377 Å². The van der Waals surface area contributed by atoms with E-state index < -0.39 is 21.8 Å². The second kappa shape index (κ2) is 21.7. The SMILES string of the molecule is CN1C[C@H](OCCOCCOCCOS(=O)(=O)Cc2ccccc2)C[C@H]1COc1nc2c(c(N3CCN(C(=O)OC(C)(C)C)[C@@H](CC#N)C3)n1)CCN(c1cccc3ccccc13)C2. The summed E-state index contributed by atoms with van der Waals surface area (Å²) in [5, 5.41) is 12.2. The fourth-order valence-electron chi connectivity index (χ4n) is 8.44. The summed E-state index contributed by atoms with van der Waals surface area (Å²) in [6, 6.07) is 26.0. The van der Waals surface area contributed by atoms with Crippen molar-refractivity contribution in [3.05, 3.63) is 89.6 Å². The maximum absolute atomic E-state index is 13.2. The van der Waals surface area contributed by atoms with Crippen LogP contribution in [0.2, 0.25) is 0 Å². The molecule has 0 spiro atoms. The molecule has 4 aromatic rings. The molecule has 17 heteroatoms. The number of benzene rings is 3. The highest BCUT2D eigenvalue weighted by Gasteiger charge is 2.37. The molecule has 2 saturated heterocycles. The predicted molar refractivity (Wildman–Crippen MR) is 243 cm³/mol. The number of nitrogens with zero attached hydrogens (tertiary/aromatic N) is 7. The number of rotatable bonds is 19. The van der Waals surface area contributed by atoms with Crippen molar-refractivity contribution in [1.29, 1.82) is 5.26 Å². The number of anilines is 2. The molecule has 1 amide bonds. The molecule has 0 unspecified atom stereocenters. The van der Waals surface area contributed by atoms with E-state index in [9.17, 15) is 18.5 Å². The summed E-state index contributed by atoms with van der Waals surface area (Å²) >= 11 is 0. The lowest BCUT2D eigenvalue weighted by Crippen LogP contribution is -2.56. The van der Waals surface area contributed by atoms with Gasteiger partial charge in [0.05, 0.1) is 76.5 Å². The highest BCUT2D eigenvalue weighted by Crippen LogP contribution is 2.35. The van der Waals surface area contributed by atoms with Gasteiger partial charge in [-0.1, -0.05) is 66.7 Å². The monoisotopic (exact) mass is 899 g/mol. The first-order chi connectivity index (χ1) is 30.9. The van der Waals surface area contributed by atoms with Crippen molar-refractivity contribution >= 4 is 38.5 Å². The predicted octanol–water partition coefficient (Wildman–Crippen LogP) is 5.58. The van der Waals surface area contributed by atoms with Gasteiger partial charge in [0.2, 0.25) is 0 Å². The van der Waals surface area contributed by atoms with Crippen LogP contribution in [0.1, 0.15) is 50.4 Å². The van der Waals surface area contributed by atoms with Gasteiger partial charge in [0.1, 0.15) is 23.8 Å². The minimum absolute atomic E-state index is 0.000959. The van der Waals surface area contributed by atoms with Crippen molar-refractivity contribution in [2.75, 3.05) is 95.8 Å². The van der Waals surface area contributed by atoms with E-state index >= 15 is 0 Å². The fourth-order valence-corrected chi connectivity index (χ4v) is 9.45. The van der Waals surface area contributed by atoms with Gasteiger partial charge in [-0.3, -0.25) is 9.08 Å². The van der Waals surface area contributed by atoms with E-state index in [1.54, 1.807) is 29.2 Å². The molecule has 2 fully saturated rings. The highest BCUT2D eigenvalue weighted by molar-refractivity contribution is 7.85. The van der Waals surface area contributed by atoms with Crippen LogP contribution in [-0.4, -0.2) is 144 Å². The topological polar surface area (TPSA) is 169 Å². The number of carbonyl (C=O) groups excluding carboxylic acids is 1. The number of likely N-dealkylation sites (tertiary alicyclic amines) is 1. The lowest BCUT2D eigenvalue weighted by atomic mass is 10.0. The molecular formula is C47H61N7O9S. The number of likely N-dealkylation sites (N-methyl/N-ethyl adjacent to an activating group) is 1. The van der Waals surface area contributed by atoms with E-state index in [1.165, 1.54) is 10.8 Å². The van der Waals surface area contributed by atoms with Crippen LogP contribution < -0.4 is 14.5 Å². The molecule has 7 rings (SSSR count). The first kappa shape index (κ1) is 46.9. The van der Waals surface area contributed by atoms with Crippen LogP contribution in [0.25, 0.3) is 10.8 Å². The third kappa shape index (κ3) is 12.8. The van der Waals surface area contributed by atoms with Gasteiger partial charge in [-0.15, -0.1) is 0 Å². The number of piperazine rings is 1. The van der Waals surface area contributed by atoms with Gasteiger partial charge >= 0.3 is 12.1 Å². The van der Waals surface area contributed by atoms with E-state index in [2.05, 4.69) is 70.3 Å². The molecular weight excluding hydrogens is 839 g/mol. The summed E-state index contributed by atoms with van der Waals surface area (Å²) in [5.74, 6) is 0.610. The molecule has 0 saturated carbocycles. The fraction of sp³-hybridized carbons (Fsp3) is 0.532. The molecule has 3 aliphatic heterocycles. The van der Waals surface area contributed by atoms with E-state index in [4.69, 9.17) is 37.8 Å². The minimum Gasteiger partial charge on any atom is -0.462 e. The molecule has 0 aliphatic carbocycles. The summed E-state index contributed by atoms with van der Waals surface area (Å²) in [4.78, 5) is 31.8. The molecule has 4 heterocycles. The average Bonchev–Trinajstić information content (AvgIpc) is 3.63. The molecule has 1 aromatic heterocycles. The largest absolute Gasteiger partial charge is 0.462 e. The van der Waals surface area contributed by atoms with Crippen molar-refractivity contribution in [1.82, 2.24) is 19.8 Å². The molecule has 3 aliphatic rings. The normalized spacial score (nSPS) is 19.4. The Morgan fingerprint density at radius 2 is 1.58 bits per heavy atom. The van der Waals surface area contributed by atoms with Gasteiger partial charge in [-0.25, -0.2) is 4.79 Å². The van der Waals surface area contributed by atoms with E-state index in [1.807, 2.05) is 26.8 Å². The third-order valence-corrected chi connectivity index (χ3v) is 12.8. The van der Waals surface area contributed by atoms with Crippen LogP contribution in [0.3, 0.4) is 0 Å². The first-order valence-corrected chi connectivity index (χ1v) is 23.7. The zero-order valence-electron chi connectivity index (χ0n) is 37.4. The van der Waals surface area contributed by atoms with E-state index in [-0.39, 0.29) is 43.6 Å². The summed E-state index contributed by atoms with van der Waals surface area (Å²) < 4.78 is 58.9. The van der Waals surface area contributed by atoms with Crippen molar-refractivity contribution in [2.24, 2.45) is 0 Å². The third-order valence-electron chi connectivity index (χ3n) is 11.6. The average molecular weight is 900 g/mol. The Hall–Kier alpha value is -5.09.